The van der Waals surface area contributed by atoms with Crippen LogP contribution in [0.1, 0.15) is 11.3 Å². The third kappa shape index (κ3) is 4.37. The molecule has 4 N–H and O–H groups in total. The van der Waals surface area contributed by atoms with Crippen LogP contribution in [0.2, 0.25) is 0 Å². The minimum absolute atomic E-state index is 0.310. The Bertz CT molecular complexity index is 473. The number of hydrogen-bond acceptors (Lipinski definition) is 5. The number of rotatable bonds is 5. The largest absolute Gasteiger partial charge is 0.481 e. The second-order valence-electron chi connectivity index (χ2n) is 3.36. The van der Waals surface area contributed by atoms with Crippen molar-refractivity contribution in [1.82, 2.24) is 10.3 Å². The van der Waals surface area contributed by atoms with Gasteiger partial charge in [-0.05, 0) is 6.92 Å². The van der Waals surface area contributed by atoms with Crippen molar-refractivity contribution in [2.45, 2.75) is 19.4 Å². The number of urea groups is 1. The molecular weight excluding hydrogens is 262 g/mol. The smallest absolute Gasteiger partial charge is 0.326 e. The second-order valence-corrected chi connectivity index (χ2v) is 4.60. The lowest BCUT2D eigenvalue weighted by atomic mass is 10.2. The Kier molecular flexibility index (Phi) is 4.60. The molecule has 18 heavy (non-hydrogen) atoms. The Hall–Kier alpha value is -2.16. The summed E-state index contributed by atoms with van der Waals surface area (Å²) in [5.41, 5.74) is 0. The number of amides is 2. The highest BCUT2D eigenvalue weighted by Crippen LogP contribution is 2.16. The van der Waals surface area contributed by atoms with Crippen LogP contribution in [0.3, 0.4) is 0 Å². The van der Waals surface area contributed by atoms with Gasteiger partial charge in [-0.2, -0.15) is 0 Å². The molecule has 0 bridgehead atoms. The van der Waals surface area contributed by atoms with Crippen LogP contribution in [-0.4, -0.2) is 39.2 Å². The van der Waals surface area contributed by atoms with E-state index in [0.29, 0.717) is 5.13 Å². The summed E-state index contributed by atoms with van der Waals surface area (Å²) in [6.07, 6.45) is 0.853. The van der Waals surface area contributed by atoms with Crippen LogP contribution in [0.5, 0.6) is 0 Å². The Labute approximate surface area is 106 Å². The average molecular weight is 273 g/mol. The van der Waals surface area contributed by atoms with E-state index >= 15 is 0 Å². The van der Waals surface area contributed by atoms with Gasteiger partial charge in [0.1, 0.15) is 6.04 Å². The fourth-order valence-corrected chi connectivity index (χ4v) is 1.74. The van der Waals surface area contributed by atoms with Gasteiger partial charge in [0, 0.05) is 11.1 Å². The molecule has 0 unspecified atom stereocenters. The van der Waals surface area contributed by atoms with Crippen LogP contribution >= 0.6 is 11.3 Å². The van der Waals surface area contributed by atoms with Gasteiger partial charge in [-0.15, -0.1) is 11.3 Å². The van der Waals surface area contributed by atoms with Gasteiger partial charge in [0.15, 0.2) is 5.13 Å². The Balaban J connectivity index is 2.56. The topological polar surface area (TPSA) is 129 Å². The van der Waals surface area contributed by atoms with Crippen molar-refractivity contribution < 1.29 is 24.6 Å². The van der Waals surface area contributed by atoms with Gasteiger partial charge in [0.2, 0.25) is 0 Å². The Morgan fingerprint density at radius 1 is 1.44 bits per heavy atom. The van der Waals surface area contributed by atoms with E-state index in [2.05, 4.69) is 10.3 Å². The van der Waals surface area contributed by atoms with Crippen molar-refractivity contribution in [2.24, 2.45) is 0 Å². The van der Waals surface area contributed by atoms with E-state index in [9.17, 15) is 14.4 Å². The zero-order valence-electron chi connectivity index (χ0n) is 9.34. The summed E-state index contributed by atoms with van der Waals surface area (Å²) in [5.74, 6) is -2.73. The monoisotopic (exact) mass is 273 g/mol. The van der Waals surface area contributed by atoms with Gasteiger partial charge in [-0.3, -0.25) is 10.1 Å². The van der Waals surface area contributed by atoms with Crippen molar-refractivity contribution in [2.75, 3.05) is 5.32 Å². The first-order chi connectivity index (χ1) is 8.38. The fraction of sp³-hybridized carbons (Fsp3) is 0.333. The highest BCUT2D eigenvalue weighted by Gasteiger charge is 2.23. The molecule has 9 heteroatoms. The third-order valence-electron chi connectivity index (χ3n) is 1.82. The molecule has 0 aliphatic heterocycles. The van der Waals surface area contributed by atoms with Crippen molar-refractivity contribution in [3.63, 3.8) is 0 Å². The normalized spacial score (nSPS) is 11.6. The van der Waals surface area contributed by atoms with Crippen molar-refractivity contribution in [1.29, 1.82) is 0 Å². The average Bonchev–Trinajstić information content (AvgIpc) is 2.62. The van der Waals surface area contributed by atoms with E-state index in [1.165, 1.54) is 11.3 Å². The van der Waals surface area contributed by atoms with Gasteiger partial charge in [-0.1, -0.05) is 0 Å². The molecule has 0 radical (unpaired) electrons. The molecule has 0 saturated carbocycles. The number of thiazole rings is 1. The van der Waals surface area contributed by atoms with E-state index in [-0.39, 0.29) is 0 Å². The number of nitrogens with zero attached hydrogens (tertiary/aromatic N) is 1. The summed E-state index contributed by atoms with van der Waals surface area (Å²) in [5, 5.41) is 21.9. The van der Waals surface area contributed by atoms with Crippen molar-refractivity contribution >= 4 is 34.4 Å². The molecule has 0 aliphatic carbocycles. The molecule has 98 valence electrons. The molecule has 0 fully saturated rings. The Morgan fingerprint density at radius 2 is 2.11 bits per heavy atom. The maximum Gasteiger partial charge on any atom is 0.326 e. The molecule has 0 aromatic carbocycles. The standard InChI is InChI=1S/C9H11N3O5S/c1-4-3-10-9(18-4)12-8(17)11-5(7(15)16)2-6(13)14/h3,5H,2H2,1H3,(H,13,14)(H,15,16)(H2,10,11,12,17)/t5-/m0/s1. The lowest BCUT2D eigenvalue weighted by Crippen LogP contribution is -2.44. The molecule has 1 heterocycles. The molecule has 1 atom stereocenters. The first-order valence-corrected chi connectivity index (χ1v) is 5.64. The number of nitrogens with one attached hydrogen (secondary N) is 2. The van der Waals surface area contributed by atoms with Crippen LogP contribution in [-0.2, 0) is 9.59 Å². The fourth-order valence-electron chi connectivity index (χ4n) is 1.08. The summed E-state index contributed by atoms with van der Waals surface area (Å²) >= 11 is 1.22. The van der Waals surface area contributed by atoms with Crippen LogP contribution < -0.4 is 10.6 Å². The zero-order chi connectivity index (χ0) is 13.7. The summed E-state index contributed by atoms with van der Waals surface area (Å²) in [7, 11) is 0. The number of aliphatic carboxylic acids is 2. The number of hydrogen-bond donors (Lipinski definition) is 4. The highest BCUT2D eigenvalue weighted by atomic mass is 32.1. The predicted molar refractivity (Wildman–Crippen MR) is 62.7 cm³/mol. The number of carboxylic acid groups (broad SMARTS) is 2. The number of carbonyl (C=O) groups excluding carboxylic acids is 1. The minimum Gasteiger partial charge on any atom is -0.481 e. The molecule has 1 rings (SSSR count). The predicted octanol–water partition coefficient (Wildman–Crippen LogP) is 0.501. The summed E-state index contributed by atoms with van der Waals surface area (Å²) in [6.45, 7) is 1.80. The molecule has 8 nitrogen and oxygen atoms in total. The quantitative estimate of drug-likeness (QED) is 0.618. The second kappa shape index (κ2) is 5.96. The first-order valence-electron chi connectivity index (χ1n) is 4.83. The summed E-state index contributed by atoms with van der Waals surface area (Å²) in [4.78, 5) is 37.3. The van der Waals surface area contributed by atoms with Crippen LogP contribution in [0.4, 0.5) is 9.93 Å². The van der Waals surface area contributed by atoms with Gasteiger partial charge in [-0.25, -0.2) is 14.6 Å². The highest BCUT2D eigenvalue weighted by molar-refractivity contribution is 7.15. The van der Waals surface area contributed by atoms with Crippen LogP contribution in [0.15, 0.2) is 6.20 Å². The molecule has 0 spiro atoms. The van der Waals surface area contributed by atoms with E-state index in [1.54, 1.807) is 13.1 Å². The molecule has 1 aromatic rings. The van der Waals surface area contributed by atoms with Gasteiger partial charge in [0.25, 0.3) is 0 Å². The summed E-state index contributed by atoms with van der Waals surface area (Å²) < 4.78 is 0. The van der Waals surface area contributed by atoms with E-state index in [4.69, 9.17) is 10.2 Å². The van der Waals surface area contributed by atoms with Gasteiger partial charge < -0.3 is 15.5 Å². The maximum absolute atomic E-state index is 11.4. The number of carboxylic acids is 2. The number of anilines is 1. The minimum atomic E-state index is -1.48. The van der Waals surface area contributed by atoms with E-state index in [0.717, 1.165) is 4.88 Å². The zero-order valence-corrected chi connectivity index (χ0v) is 10.2. The Morgan fingerprint density at radius 3 is 2.56 bits per heavy atom. The maximum atomic E-state index is 11.4. The van der Waals surface area contributed by atoms with E-state index in [1.807, 2.05) is 5.32 Å². The van der Waals surface area contributed by atoms with E-state index < -0.39 is 30.4 Å². The van der Waals surface area contributed by atoms with Gasteiger partial charge in [0.05, 0.1) is 6.42 Å². The number of aromatic nitrogens is 1. The summed E-state index contributed by atoms with van der Waals surface area (Å²) in [6, 6.07) is -2.29. The first kappa shape index (κ1) is 13.9. The SMILES string of the molecule is Cc1cnc(NC(=O)N[C@@H](CC(=O)O)C(=O)O)s1. The van der Waals surface area contributed by atoms with Crippen molar-refractivity contribution in [3.05, 3.63) is 11.1 Å². The molecule has 1 aromatic heterocycles. The molecule has 2 amide bonds. The van der Waals surface area contributed by atoms with Crippen LogP contribution in [0.25, 0.3) is 0 Å². The van der Waals surface area contributed by atoms with Crippen LogP contribution in [0, 0.1) is 6.92 Å². The van der Waals surface area contributed by atoms with Gasteiger partial charge >= 0.3 is 18.0 Å². The van der Waals surface area contributed by atoms with Crippen molar-refractivity contribution in [3.8, 4) is 0 Å². The number of carbonyl (C=O) groups is 3. The molecule has 0 saturated heterocycles. The lowest BCUT2D eigenvalue weighted by Gasteiger charge is -2.11. The molecule has 0 aliphatic rings. The number of aryl methyl sites for hydroxylation is 1. The third-order valence-corrected chi connectivity index (χ3v) is 2.65. The lowest BCUT2D eigenvalue weighted by molar-refractivity contribution is -0.145. The molecular formula is C9H11N3O5S.